The lowest BCUT2D eigenvalue weighted by atomic mass is 9.86. The lowest BCUT2D eigenvalue weighted by molar-refractivity contribution is 0.590. The lowest BCUT2D eigenvalue weighted by Crippen LogP contribution is -2.10. The predicted octanol–water partition coefficient (Wildman–Crippen LogP) is 35.0. The van der Waals surface area contributed by atoms with Gasteiger partial charge >= 0.3 is 0 Å². The fourth-order valence-electron chi connectivity index (χ4n) is 14.8. The maximum atomic E-state index is 5.01. The minimum Gasteiger partial charge on any atom is -0.208 e. The molecule has 0 amide bonds. The molecule has 12 nitrogen and oxygen atoms in total. The summed E-state index contributed by atoms with van der Waals surface area (Å²) in [5.74, 6) is 8.15. The van der Waals surface area contributed by atoms with Crippen molar-refractivity contribution in [3.8, 4) is 170 Å². The van der Waals surface area contributed by atoms with Crippen molar-refractivity contribution in [1.82, 2.24) is 59.8 Å². The van der Waals surface area contributed by atoms with E-state index in [-0.39, 0.29) is 70.2 Å². The molecule has 0 saturated heterocycles. The Labute approximate surface area is 829 Å². The van der Waals surface area contributed by atoms with E-state index in [2.05, 4.69) is 444 Å². The van der Waals surface area contributed by atoms with Crippen LogP contribution in [0.25, 0.3) is 170 Å². The third-order valence-electron chi connectivity index (χ3n) is 23.0. The number of aromatic nitrogens is 12. The number of hydrogen-bond donors (Lipinski definition) is 0. The second-order valence-electron chi connectivity index (χ2n) is 35.8. The Morgan fingerprint density at radius 2 is 0.209 bits per heavy atom. The highest BCUT2D eigenvalue weighted by Gasteiger charge is 2.21. The predicted molar refractivity (Wildman–Crippen MR) is 595 cm³/mol. The molecule has 0 N–H and O–H groups in total. The highest BCUT2D eigenvalue weighted by Crippen LogP contribution is 2.36. The van der Waals surface area contributed by atoms with Gasteiger partial charge in [-0.1, -0.05) is 521 Å². The van der Waals surface area contributed by atoms with Gasteiger partial charge in [0.1, 0.15) is 0 Å². The van der Waals surface area contributed by atoms with Crippen LogP contribution in [0, 0.1) is 62.3 Å². The summed E-state index contributed by atoms with van der Waals surface area (Å²) in [7, 11) is 0. The van der Waals surface area contributed by atoms with Crippen molar-refractivity contribution in [2.75, 3.05) is 0 Å². The van der Waals surface area contributed by atoms with Crippen molar-refractivity contribution < 1.29 is 0 Å². The van der Waals surface area contributed by atoms with Crippen LogP contribution in [0.5, 0.6) is 0 Å². The zero-order valence-corrected chi connectivity index (χ0v) is 77.1. The van der Waals surface area contributed by atoms with Gasteiger partial charge < -0.3 is 0 Å². The van der Waals surface area contributed by atoms with Crippen molar-refractivity contribution in [3.05, 3.63) is 431 Å². The molecule has 4 aromatic heterocycles. The fourth-order valence-corrected chi connectivity index (χ4v) is 14.8. The third kappa shape index (κ3) is 27.8. The van der Waals surface area contributed by atoms with Crippen LogP contribution in [-0.2, 0) is 10.8 Å². The van der Waals surface area contributed by atoms with E-state index >= 15 is 0 Å². The highest BCUT2D eigenvalue weighted by atomic mass is 15.1. The summed E-state index contributed by atoms with van der Waals surface area (Å²) in [6.07, 6.45) is 0. The largest absolute Gasteiger partial charge is 0.208 e. The van der Waals surface area contributed by atoms with Gasteiger partial charge in [0.15, 0.2) is 69.9 Å². The van der Waals surface area contributed by atoms with Crippen LogP contribution in [-0.4, -0.2) is 59.8 Å². The first-order valence-corrected chi connectivity index (χ1v) is 44.5. The Kier molecular flexibility index (Phi) is 38.1. The number of benzene rings is 15. The molecule has 0 saturated carbocycles. The SMILES string of the molecule is C.C.C.C.C.C.C.C.Cc1ccc(-c2ccc(-c3nc(-c4ccc(-c5ccc(C)cc5)cc4)nc(-c4ccc(-c5ccc(C(C)(C)C)cc5)cc4)n3)cc2)cc1.Cc1ccc(-c2nc(-c3ccc(C)cc3)nc(-c3ccc(C(C)(C)C)cc3)n2)cc1.Cc1ccc(-c2nc(-c3ccc(C)cc3)nc(-c3ccc(C)cc3)n2)cc1.Cc1ccc(-c2nc(-c3ccccc3)nc(-c3ccc(C)cc3)n2)cc1. The van der Waals surface area contributed by atoms with Gasteiger partial charge in [-0.15, -0.1) is 0 Å². The third-order valence-corrected chi connectivity index (χ3v) is 23.0. The average molecular weight is 1830 g/mol. The van der Waals surface area contributed by atoms with Crippen LogP contribution in [0.15, 0.2) is 370 Å². The molecule has 139 heavy (non-hydrogen) atoms. The van der Waals surface area contributed by atoms with Gasteiger partial charge in [-0.2, -0.15) is 0 Å². The van der Waals surface area contributed by atoms with E-state index in [1.807, 2.05) is 30.3 Å². The molecule has 15 aromatic carbocycles. The number of hydrogen-bond acceptors (Lipinski definition) is 12. The topological polar surface area (TPSA) is 155 Å². The first-order valence-electron chi connectivity index (χ1n) is 44.5. The molecule has 12 heteroatoms. The van der Waals surface area contributed by atoms with Crippen LogP contribution in [0.1, 0.15) is 162 Å². The van der Waals surface area contributed by atoms with Crippen molar-refractivity contribution in [2.24, 2.45) is 0 Å². The fraction of sp³-hybridized carbons (Fsp3) is 0.197. The molecule has 19 rings (SSSR count). The molecule has 19 aromatic rings. The Morgan fingerprint density at radius 3 is 0.338 bits per heavy atom. The van der Waals surface area contributed by atoms with Crippen molar-refractivity contribution in [1.29, 1.82) is 0 Å². The van der Waals surface area contributed by atoms with E-state index in [0.717, 1.165) is 83.5 Å². The van der Waals surface area contributed by atoms with E-state index in [1.165, 1.54) is 77.9 Å². The van der Waals surface area contributed by atoms with Crippen molar-refractivity contribution in [2.45, 2.75) is 174 Å². The first kappa shape index (κ1) is 109. The van der Waals surface area contributed by atoms with Gasteiger partial charge in [0.25, 0.3) is 0 Å². The molecular formula is C127H138N12. The molecule has 0 aliphatic heterocycles. The zero-order valence-electron chi connectivity index (χ0n) is 77.1. The van der Waals surface area contributed by atoms with Crippen LogP contribution in [0.2, 0.25) is 0 Å². The minimum atomic E-state index is 0. The van der Waals surface area contributed by atoms with Gasteiger partial charge in [-0.3, -0.25) is 0 Å². The monoisotopic (exact) mass is 1830 g/mol. The number of rotatable bonds is 15. The molecular weight excluding hydrogens is 1690 g/mol. The van der Waals surface area contributed by atoms with Crippen LogP contribution >= 0.6 is 0 Å². The summed E-state index contributed by atoms with van der Waals surface area (Å²) < 4.78 is 0. The van der Waals surface area contributed by atoms with Gasteiger partial charge in [-0.25, -0.2) is 59.8 Å². The molecule has 706 valence electrons. The van der Waals surface area contributed by atoms with Crippen LogP contribution in [0.4, 0.5) is 0 Å². The van der Waals surface area contributed by atoms with E-state index < -0.39 is 0 Å². The lowest BCUT2D eigenvalue weighted by Gasteiger charge is -2.19. The Morgan fingerprint density at radius 1 is 0.115 bits per heavy atom. The quantitative estimate of drug-likeness (QED) is 0.0959. The van der Waals surface area contributed by atoms with E-state index in [1.54, 1.807) is 0 Å². The molecule has 0 unspecified atom stereocenters. The summed E-state index contributed by atoms with van der Waals surface area (Å²) in [6, 6.07) is 128. The van der Waals surface area contributed by atoms with E-state index in [4.69, 9.17) is 59.8 Å². The molecule has 0 bridgehead atoms. The van der Waals surface area contributed by atoms with Crippen molar-refractivity contribution >= 4 is 0 Å². The maximum absolute atomic E-state index is 5.01. The summed E-state index contributed by atoms with van der Waals surface area (Å²) in [4.78, 5) is 57.9. The normalized spacial score (nSPS) is 10.5. The highest BCUT2D eigenvalue weighted by molar-refractivity contribution is 5.77. The average Bonchev–Trinajstić information content (AvgIpc) is 0.784. The number of nitrogens with zero attached hydrogens (tertiary/aromatic N) is 12. The van der Waals surface area contributed by atoms with E-state index in [9.17, 15) is 0 Å². The standard InChI is InChI=1S/C45H39N3.C27H27N3.C24H21N3.C23H19N3.8CH4/c1-30-6-10-32(11-7-30)34-14-20-38(21-15-34)42-46-43(39-22-16-35(17-23-39)33-12-8-31(2)9-13-33)48-44(47-42)40-24-18-36(19-25-40)37-26-28-41(29-27-37)45(3,4)5;1-18-6-10-20(11-7-18)24-28-25(21-12-8-19(2)9-13-21)30-26(29-24)22-14-16-23(17-15-22)27(3,4)5;1-16-4-10-19(11-5-16)22-25-23(20-12-6-17(2)7-13-20)27-24(26-22)21-14-8-18(3)9-15-21;1-16-8-12-19(13-9-16)22-24-21(18-6-4-3-5-7-18)25-23(26-22)20-14-10-17(2)11-15-20;;;;;;;;/h6-29H,1-5H3;6-17H,1-5H3;4-15H,1-3H3;3-15H,1-2H3;8*1H4. The van der Waals surface area contributed by atoms with Gasteiger partial charge in [0.2, 0.25) is 0 Å². The summed E-state index contributed by atoms with van der Waals surface area (Å²) in [5.41, 5.74) is 32.6. The molecule has 0 radical (unpaired) electrons. The molecule has 0 aliphatic carbocycles. The summed E-state index contributed by atoms with van der Waals surface area (Å²) in [5, 5.41) is 0. The summed E-state index contributed by atoms with van der Waals surface area (Å²) >= 11 is 0. The molecule has 0 fully saturated rings. The first-order chi connectivity index (χ1) is 63.2. The smallest absolute Gasteiger partial charge is 0.164 e. The molecule has 0 atom stereocenters. The minimum absolute atomic E-state index is 0. The van der Waals surface area contributed by atoms with Gasteiger partial charge in [-0.05, 0) is 118 Å². The molecule has 0 spiro atoms. The maximum Gasteiger partial charge on any atom is 0.164 e. The van der Waals surface area contributed by atoms with Gasteiger partial charge in [0, 0.05) is 66.8 Å². The van der Waals surface area contributed by atoms with Crippen LogP contribution < -0.4 is 0 Å². The molecule has 0 aliphatic rings. The number of aryl methyl sites for hydroxylation is 9. The van der Waals surface area contributed by atoms with Crippen LogP contribution in [0.3, 0.4) is 0 Å². The second kappa shape index (κ2) is 48.7. The van der Waals surface area contributed by atoms with E-state index in [0.29, 0.717) is 69.9 Å². The Hall–Kier alpha value is -15.7. The Bertz CT molecular complexity index is 6690. The Balaban J connectivity index is 0.000000230. The van der Waals surface area contributed by atoms with Crippen molar-refractivity contribution in [3.63, 3.8) is 0 Å². The zero-order chi connectivity index (χ0) is 91.3. The second-order valence-corrected chi connectivity index (χ2v) is 35.8. The van der Waals surface area contributed by atoms with Gasteiger partial charge in [0.05, 0.1) is 0 Å². The molecule has 4 heterocycles. The summed E-state index contributed by atoms with van der Waals surface area (Å²) in [6.45, 7) is 32.1.